The van der Waals surface area contributed by atoms with Crippen molar-refractivity contribution in [3.63, 3.8) is 0 Å². The predicted octanol–water partition coefficient (Wildman–Crippen LogP) is 2.16. The maximum Gasteiger partial charge on any atom is 0.168 e. The normalized spacial score (nSPS) is 20.5. The van der Waals surface area contributed by atoms with Crippen LogP contribution in [0.3, 0.4) is 0 Å². The van der Waals surface area contributed by atoms with Gasteiger partial charge in [-0.05, 0) is 37.9 Å². The first-order chi connectivity index (χ1) is 7.74. The Balaban J connectivity index is 2.16. The second-order valence-electron chi connectivity index (χ2n) is 4.45. The number of ether oxygens (including phenoxy) is 1. The van der Waals surface area contributed by atoms with Crippen molar-refractivity contribution in [3.05, 3.63) is 0 Å². The number of nitrogens with zero attached hydrogens (tertiary/aromatic N) is 1. The molecule has 1 heterocycles. The molecule has 4 heteroatoms. The van der Waals surface area contributed by atoms with Crippen LogP contribution in [0.15, 0.2) is 0 Å². The molecular formula is C12H24N2OS. The van der Waals surface area contributed by atoms with E-state index in [0.29, 0.717) is 6.10 Å². The lowest BCUT2D eigenvalue weighted by Gasteiger charge is -2.29. The van der Waals surface area contributed by atoms with Crippen molar-refractivity contribution < 1.29 is 4.74 Å². The predicted molar refractivity (Wildman–Crippen MR) is 71.7 cm³/mol. The van der Waals surface area contributed by atoms with Gasteiger partial charge in [0.05, 0.1) is 6.10 Å². The van der Waals surface area contributed by atoms with E-state index in [9.17, 15) is 0 Å². The molecule has 1 aliphatic heterocycles. The molecular weight excluding hydrogens is 220 g/mol. The van der Waals surface area contributed by atoms with E-state index in [1.165, 1.54) is 32.1 Å². The number of hydrogen-bond acceptors (Lipinski definition) is 2. The topological polar surface area (TPSA) is 24.5 Å². The number of rotatable bonds is 5. The van der Waals surface area contributed by atoms with Gasteiger partial charge in [0, 0.05) is 26.7 Å². The Hall–Kier alpha value is -0.350. The van der Waals surface area contributed by atoms with E-state index in [2.05, 4.69) is 17.1 Å². The van der Waals surface area contributed by atoms with Gasteiger partial charge in [-0.15, -0.1) is 0 Å². The van der Waals surface area contributed by atoms with Gasteiger partial charge in [-0.1, -0.05) is 13.3 Å². The summed E-state index contributed by atoms with van der Waals surface area (Å²) < 4.78 is 5.70. The molecule has 1 atom stereocenters. The second-order valence-corrected chi connectivity index (χ2v) is 4.84. The minimum atomic E-state index is 0.365. The number of thiocarbonyl (C=S) groups is 1. The van der Waals surface area contributed by atoms with Crippen LogP contribution in [-0.4, -0.2) is 42.9 Å². The number of unbranched alkanes of at least 4 members (excludes halogenated alkanes) is 1. The Labute approximate surface area is 105 Å². The van der Waals surface area contributed by atoms with Crippen LogP contribution in [0.4, 0.5) is 0 Å². The Morgan fingerprint density at radius 1 is 1.50 bits per heavy atom. The molecule has 1 fully saturated rings. The summed E-state index contributed by atoms with van der Waals surface area (Å²) >= 11 is 5.32. The van der Waals surface area contributed by atoms with Crippen molar-refractivity contribution >= 4 is 17.3 Å². The summed E-state index contributed by atoms with van der Waals surface area (Å²) in [5.74, 6) is 0. The first-order valence-electron chi connectivity index (χ1n) is 6.34. The van der Waals surface area contributed by atoms with Crippen molar-refractivity contribution in [3.8, 4) is 0 Å². The van der Waals surface area contributed by atoms with E-state index >= 15 is 0 Å². The number of hydrogen-bond donors (Lipinski definition) is 1. The van der Waals surface area contributed by atoms with E-state index in [1.807, 2.05) is 7.05 Å². The highest BCUT2D eigenvalue weighted by Crippen LogP contribution is 2.13. The standard InChI is InChI=1S/C12H24N2OS/c1-3-4-8-13-12(16)14(2)10-11-7-5-6-9-15-11/h11H,3-10H2,1-2H3,(H,13,16). The fraction of sp³-hybridized carbons (Fsp3) is 0.917. The molecule has 94 valence electrons. The molecule has 1 aliphatic rings. The van der Waals surface area contributed by atoms with E-state index in [1.54, 1.807) is 0 Å². The largest absolute Gasteiger partial charge is 0.376 e. The monoisotopic (exact) mass is 244 g/mol. The Morgan fingerprint density at radius 2 is 2.31 bits per heavy atom. The molecule has 0 bridgehead atoms. The van der Waals surface area contributed by atoms with Gasteiger partial charge < -0.3 is 15.0 Å². The highest BCUT2D eigenvalue weighted by atomic mass is 32.1. The SMILES string of the molecule is CCCCNC(=S)N(C)CC1CCCCO1. The van der Waals surface area contributed by atoms with Gasteiger partial charge in [-0.25, -0.2) is 0 Å². The highest BCUT2D eigenvalue weighted by Gasteiger charge is 2.16. The van der Waals surface area contributed by atoms with E-state index in [0.717, 1.165) is 24.8 Å². The molecule has 0 saturated carbocycles. The highest BCUT2D eigenvalue weighted by molar-refractivity contribution is 7.80. The molecule has 0 aromatic rings. The molecule has 1 saturated heterocycles. The molecule has 0 aliphatic carbocycles. The summed E-state index contributed by atoms with van der Waals surface area (Å²) in [6, 6.07) is 0. The van der Waals surface area contributed by atoms with Crippen molar-refractivity contribution in [1.82, 2.24) is 10.2 Å². The zero-order valence-corrected chi connectivity index (χ0v) is 11.3. The van der Waals surface area contributed by atoms with Crippen LogP contribution in [0.2, 0.25) is 0 Å². The average molecular weight is 244 g/mol. The number of likely N-dealkylation sites (N-methyl/N-ethyl adjacent to an activating group) is 1. The Morgan fingerprint density at radius 3 is 2.94 bits per heavy atom. The third-order valence-corrected chi connectivity index (χ3v) is 3.36. The zero-order valence-electron chi connectivity index (χ0n) is 10.5. The molecule has 1 unspecified atom stereocenters. The first kappa shape index (κ1) is 13.7. The molecule has 1 N–H and O–H groups in total. The Bertz CT molecular complexity index is 205. The van der Waals surface area contributed by atoms with Crippen LogP contribution < -0.4 is 5.32 Å². The van der Waals surface area contributed by atoms with Gasteiger partial charge in [0.2, 0.25) is 0 Å². The first-order valence-corrected chi connectivity index (χ1v) is 6.75. The lowest BCUT2D eigenvalue weighted by atomic mass is 10.1. The maximum atomic E-state index is 5.70. The fourth-order valence-electron chi connectivity index (χ4n) is 1.85. The van der Waals surface area contributed by atoms with Crippen LogP contribution in [0.1, 0.15) is 39.0 Å². The molecule has 1 rings (SSSR count). The van der Waals surface area contributed by atoms with Crippen LogP contribution in [0.5, 0.6) is 0 Å². The van der Waals surface area contributed by atoms with Crippen LogP contribution >= 0.6 is 12.2 Å². The maximum absolute atomic E-state index is 5.70. The van der Waals surface area contributed by atoms with Gasteiger partial charge >= 0.3 is 0 Å². The summed E-state index contributed by atoms with van der Waals surface area (Å²) in [5.41, 5.74) is 0. The zero-order chi connectivity index (χ0) is 11.8. The van der Waals surface area contributed by atoms with Crippen LogP contribution in [-0.2, 0) is 4.74 Å². The molecule has 0 aromatic carbocycles. The third kappa shape index (κ3) is 5.12. The lowest BCUT2D eigenvalue weighted by Crippen LogP contribution is -2.42. The van der Waals surface area contributed by atoms with Gasteiger partial charge in [-0.2, -0.15) is 0 Å². The molecule has 0 amide bonds. The van der Waals surface area contributed by atoms with Gasteiger partial charge in [-0.3, -0.25) is 0 Å². The summed E-state index contributed by atoms with van der Waals surface area (Å²) in [6.45, 7) is 4.99. The van der Waals surface area contributed by atoms with Gasteiger partial charge in [0.15, 0.2) is 5.11 Å². The van der Waals surface area contributed by atoms with Crippen LogP contribution in [0.25, 0.3) is 0 Å². The molecule has 3 nitrogen and oxygen atoms in total. The number of nitrogens with one attached hydrogen (secondary N) is 1. The summed E-state index contributed by atoms with van der Waals surface area (Å²) in [4.78, 5) is 2.10. The van der Waals surface area contributed by atoms with Crippen molar-refractivity contribution in [2.75, 3.05) is 26.7 Å². The smallest absolute Gasteiger partial charge is 0.168 e. The van der Waals surface area contributed by atoms with Crippen molar-refractivity contribution in [2.24, 2.45) is 0 Å². The molecule has 16 heavy (non-hydrogen) atoms. The average Bonchev–Trinajstić information content (AvgIpc) is 2.30. The third-order valence-electron chi connectivity index (χ3n) is 2.90. The minimum absolute atomic E-state index is 0.365. The quantitative estimate of drug-likeness (QED) is 0.592. The molecule has 0 aromatic heterocycles. The van der Waals surface area contributed by atoms with Gasteiger partial charge in [0.25, 0.3) is 0 Å². The Kier molecular flexibility index (Phi) is 6.73. The van der Waals surface area contributed by atoms with Gasteiger partial charge in [0.1, 0.15) is 0 Å². The summed E-state index contributed by atoms with van der Waals surface area (Å²) in [7, 11) is 2.04. The fourth-order valence-corrected chi connectivity index (χ4v) is 2.02. The second kappa shape index (κ2) is 7.85. The lowest BCUT2D eigenvalue weighted by molar-refractivity contribution is 0.00708. The summed E-state index contributed by atoms with van der Waals surface area (Å²) in [6.07, 6.45) is 6.40. The minimum Gasteiger partial charge on any atom is -0.376 e. The van der Waals surface area contributed by atoms with E-state index < -0.39 is 0 Å². The van der Waals surface area contributed by atoms with E-state index in [-0.39, 0.29) is 0 Å². The molecule has 0 spiro atoms. The van der Waals surface area contributed by atoms with Crippen LogP contribution in [0, 0.1) is 0 Å². The van der Waals surface area contributed by atoms with Crippen molar-refractivity contribution in [2.45, 2.75) is 45.1 Å². The van der Waals surface area contributed by atoms with E-state index in [4.69, 9.17) is 17.0 Å². The van der Waals surface area contributed by atoms with Crippen molar-refractivity contribution in [1.29, 1.82) is 0 Å². The summed E-state index contributed by atoms with van der Waals surface area (Å²) in [5, 5.41) is 4.12. The molecule has 0 radical (unpaired) electrons.